The minimum absolute atomic E-state index is 0.319. The number of amides is 1. The Morgan fingerprint density at radius 2 is 1.69 bits per heavy atom. The molecule has 1 rings (SSSR count). The Bertz CT molecular complexity index is 390. The molecule has 0 aliphatic rings. The molecule has 5 heteroatoms. The van der Waals surface area contributed by atoms with Gasteiger partial charge in [0.25, 0.3) is 5.91 Å². The Labute approximate surface area is 94.3 Å². The average Bonchev–Trinajstić information content (AvgIpc) is 2.28. The van der Waals surface area contributed by atoms with E-state index in [1.165, 1.54) is 14.2 Å². The fraction of sp³-hybridized carbons (Fsp3) is 0.364. The Hall–Kier alpha value is -1.75. The van der Waals surface area contributed by atoms with Gasteiger partial charge in [-0.05, 0) is 24.6 Å². The Balaban J connectivity index is 3.15. The van der Waals surface area contributed by atoms with Crippen LogP contribution >= 0.6 is 0 Å². The molecule has 0 bridgehead atoms. The van der Waals surface area contributed by atoms with Crippen LogP contribution in [0.3, 0.4) is 0 Å². The lowest BCUT2D eigenvalue weighted by molar-refractivity contribution is 0.0536. The van der Waals surface area contributed by atoms with Gasteiger partial charge < -0.3 is 9.47 Å². The first-order valence-electron chi connectivity index (χ1n) is 4.70. The van der Waals surface area contributed by atoms with Crippen LogP contribution in [0.2, 0.25) is 0 Å². The highest BCUT2D eigenvalue weighted by Gasteiger charge is 2.14. The fourth-order valence-electron chi connectivity index (χ4n) is 1.37. The molecule has 1 aromatic carbocycles. The third-order valence-electron chi connectivity index (χ3n) is 2.17. The second-order valence-corrected chi connectivity index (χ2v) is 3.16. The summed E-state index contributed by atoms with van der Waals surface area (Å²) in [7, 11) is 4.45. The largest absolute Gasteiger partial charge is 0.493 e. The van der Waals surface area contributed by atoms with E-state index in [2.05, 4.69) is 10.3 Å². The first-order valence-corrected chi connectivity index (χ1v) is 4.70. The summed E-state index contributed by atoms with van der Waals surface area (Å²) in [4.78, 5) is 16.2. The maximum atomic E-state index is 11.6. The molecule has 0 aliphatic heterocycles. The summed E-state index contributed by atoms with van der Waals surface area (Å²) in [6, 6.07) is 3.35. The highest BCUT2D eigenvalue weighted by Crippen LogP contribution is 2.30. The molecule has 0 fully saturated rings. The van der Waals surface area contributed by atoms with Gasteiger partial charge in [-0.1, -0.05) is 0 Å². The summed E-state index contributed by atoms with van der Waals surface area (Å²) >= 11 is 0. The van der Waals surface area contributed by atoms with E-state index in [1.807, 2.05) is 6.92 Å². The zero-order valence-corrected chi connectivity index (χ0v) is 9.79. The Kier molecular flexibility index (Phi) is 4.13. The number of benzene rings is 1. The summed E-state index contributed by atoms with van der Waals surface area (Å²) in [6.45, 7) is 1.81. The van der Waals surface area contributed by atoms with Crippen LogP contribution in [-0.4, -0.2) is 27.2 Å². The molecule has 0 saturated carbocycles. The standard InChI is InChI=1S/C11H15NO4/c1-7-5-9(14-2)10(15-3)6-8(7)11(13)12-16-4/h5-6H,1-4H3,(H,12,13). The van der Waals surface area contributed by atoms with Crippen LogP contribution in [0.25, 0.3) is 0 Å². The second kappa shape index (κ2) is 5.37. The van der Waals surface area contributed by atoms with Gasteiger partial charge in [0.15, 0.2) is 11.5 Å². The molecule has 0 spiro atoms. The van der Waals surface area contributed by atoms with Crippen molar-refractivity contribution >= 4 is 5.91 Å². The number of hydrogen-bond donors (Lipinski definition) is 1. The molecule has 0 radical (unpaired) electrons. The molecular weight excluding hydrogens is 210 g/mol. The molecular formula is C11H15NO4. The van der Waals surface area contributed by atoms with Gasteiger partial charge in [0.1, 0.15) is 0 Å². The van der Waals surface area contributed by atoms with Gasteiger partial charge in [-0.3, -0.25) is 9.63 Å². The number of carbonyl (C=O) groups excluding carboxylic acids is 1. The molecule has 0 heterocycles. The average molecular weight is 225 g/mol. The molecule has 0 aliphatic carbocycles. The monoisotopic (exact) mass is 225 g/mol. The molecule has 0 saturated heterocycles. The minimum atomic E-state index is -0.319. The number of carbonyl (C=O) groups is 1. The van der Waals surface area contributed by atoms with E-state index in [9.17, 15) is 4.79 Å². The van der Waals surface area contributed by atoms with Gasteiger partial charge in [0.2, 0.25) is 0 Å². The molecule has 1 N–H and O–H groups in total. The van der Waals surface area contributed by atoms with Crippen LogP contribution in [0.4, 0.5) is 0 Å². The smallest absolute Gasteiger partial charge is 0.275 e. The second-order valence-electron chi connectivity index (χ2n) is 3.16. The van der Waals surface area contributed by atoms with Gasteiger partial charge in [0, 0.05) is 5.56 Å². The Morgan fingerprint density at radius 3 is 2.19 bits per heavy atom. The van der Waals surface area contributed by atoms with Gasteiger partial charge in [-0.25, -0.2) is 5.48 Å². The van der Waals surface area contributed by atoms with Gasteiger partial charge in [0.05, 0.1) is 21.3 Å². The van der Waals surface area contributed by atoms with Crippen molar-refractivity contribution in [1.82, 2.24) is 5.48 Å². The topological polar surface area (TPSA) is 56.8 Å². The lowest BCUT2D eigenvalue weighted by atomic mass is 10.1. The summed E-state index contributed by atoms with van der Waals surface area (Å²) in [5.41, 5.74) is 3.53. The van der Waals surface area contributed by atoms with Crippen molar-refractivity contribution < 1.29 is 19.1 Å². The van der Waals surface area contributed by atoms with E-state index in [0.717, 1.165) is 5.56 Å². The number of nitrogens with one attached hydrogen (secondary N) is 1. The predicted molar refractivity (Wildman–Crippen MR) is 58.8 cm³/mol. The van der Waals surface area contributed by atoms with E-state index >= 15 is 0 Å². The molecule has 16 heavy (non-hydrogen) atoms. The van der Waals surface area contributed by atoms with E-state index in [0.29, 0.717) is 17.1 Å². The zero-order valence-electron chi connectivity index (χ0n) is 9.79. The molecule has 1 aromatic rings. The molecule has 0 atom stereocenters. The van der Waals surface area contributed by atoms with Crippen molar-refractivity contribution in [1.29, 1.82) is 0 Å². The highest BCUT2D eigenvalue weighted by atomic mass is 16.6. The summed E-state index contributed by atoms with van der Waals surface area (Å²) in [5, 5.41) is 0. The van der Waals surface area contributed by atoms with E-state index in [4.69, 9.17) is 9.47 Å². The maximum Gasteiger partial charge on any atom is 0.275 e. The number of hydroxylamine groups is 1. The van der Waals surface area contributed by atoms with Crippen molar-refractivity contribution in [3.05, 3.63) is 23.3 Å². The van der Waals surface area contributed by atoms with Crippen LogP contribution < -0.4 is 15.0 Å². The molecule has 88 valence electrons. The molecule has 0 aromatic heterocycles. The molecule has 1 amide bonds. The first kappa shape index (κ1) is 12.3. The van der Waals surface area contributed by atoms with Crippen LogP contribution in [0.5, 0.6) is 11.5 Å². The number of rotatable bonds is 4. The third kappa shape index (κ3) is 2.43. The number of hydrogen-bond acceptors (Lipinski definition) is 4. The Morgan fingerprint density at radius 1 is 1.12 bits per heavy atom. The normalized spacial score (nSPS) is 9.75. The van der Waals surface area contributed by atoms with Crippen LogP contribution in [-0.2, 0) is 4.84 Å². The van der Waals surface area contributed by atoms with Crippen molar-refractivity contribution in [2.75, 3.05) is 21.3 Å². The van der Waals surface area contributed by atoms with Crippen molar-refractivity contribution in [3.63, 3.8) is 0 Å². The van der Waals surface area contributed by atoms with Crippen molar-refractivity contribution in [3.8, 4) is 11.5 Å². The number of ether oxygens (including phenoxy) is 2. The van der Waals surface area contributed by atoms with Gasteiger partial charge >= 0.3 is 0 Å². The van der Waals surface area contributed by atoms with Crippen LogP contribution in [0, 0.1) is 6.92 Å². The number of methoxy groups -OCH3 is 2. The zero-order chi connectivity index (χ0) is 12.1. The SMILES string of the molecule is CONC(=O)c1cc(OC)c(OC)cc1C. The quantitative estimate of drug-likeness (QED) is 0.785. The molecule has 0 unspecified atom stereocenters. The third-order valence-corrected chi connectivity index (χ3v) is 2.17. The lowest BCUT2D eigenvalue weighted by Gasteiger charge is -2.12. The minimum Gasteiger partial charge on any atom is -0.493 e. The van der Waals surface area contributed by atoms with Gasteiger partial charge in [-0.2, -0.15) is 0 Å². The number of aryl methyl sites for hydroxylation is 1. The van der Waals surface area contributed by atoms with Crippen molar-refractivity contribution in [2.24, 2.45) is 0 Å². The van der Waals surface area contributed by atoms with Gasteiger partial charge in [-0.15, -0.1) is 0 Å². The van der Waals surface area contributed by atoms with Crippen LogP contribution in [0.15, 0.2) is 12.1 Å². The summed E-state index contributed by atoms with van der Waals surface area (Å²) < 4.78 is 10.2. The predicted octanol–water partition coefficient (Wildman–Crippen LogP) is 1.30. The van der Waals surface area contributed by atoms with E-state index < -0.39 is 0 Å². The lowest BCUT2D eigenvalue weighted by Crippen LogP contribution is -2.22. The molecule has 5 nitrogen and oxygen atoms in total. The maximum absolute atomic E-state index is 11.6. The fourth-order valence-corrected chi connectivity index (χ4v) is 1.37. The summed E-state index contributed by atoms with van der Waals surface area (Å²) in [6.07, 6.45) is 0. The van der Waals surface area contributed by atoms with E-state index in [-0.39, 0.29) is 5.91 Å². The highest BCUT2D eigenvalue weighted by molar-refractivity contribution is 5.95. The summed E-state index contributed by atoms with van der Waals surface area (Å²) in [5.74, 6) is 0.782. The first-order chi connectivity index (χ1) is 7.63. The van der Waals surface area contributed by atoms with Crippen molar-refractivity contribution in [2.45, 2.75) is 6.92 Å². The van der Waals surface area contributed by atoms with E-state index in [1.54, 1.807) is 19.2 Å². The van der Waals surface area contributed by atoms with Crippen LogP contribution in [0.1, 0.15) is 15.9 Å².